The van der Waals surface area contributed by atoms with Crippen molar-refractivity contribution in [2.45, 2.75) is 0 Å². The first-order chi connectivity index (χ1) is 13.7. The lowest BCUT2D eigenvalue weighted by Crippen LogP contribution is -2.08. The molecular formula is C23H15NO3S. The number of aromatic amines is 1. The van der Waals surface area contributed by atoms with Crippen molar-refractivity contribution in [3.8, 4) is 39.1 Å². The molecule has 0 fully saturated rings. The van der Waals surface area contributed by atoms with Crippen molar-refractivity contribution in [3.63, 3.8) is 0 Å². The van der Waals surface area contributed by atoms with Gasteiger partial charge in [0.15, 0.2) is 0 Å². The van der Waals surface area contributed by atoms with Crippen molar-refractivity contribution in [1.29, 1.82) is 0 Å². The molecule has 5 aromatic rings. The molecule has 136 valence electrons. The molecule has 5 rings (SSSR count). The molecule has 0 amide bonds. The maximum absolute atomic E-state index is 12.6. The lowest BCUT2D eigenvalue weighted by atomic mass is 9.99. The van der Waals surface area contributed by atoms with Gasteiger partial charge in [-0.1, -0.05) is 54.6 Å². The van der Waals surface area contributed by atoms with E-state index in [0.29, 0.717) is 21.3 Å². The van der Waals surface area contributed by atoms with Crippen LogP contribution in [0.3, 0.4) is 0 Å². The number of aromatic nitrogens is 1. The van der Waals surface area contributed by atoms with Crippen molar-refractivity contribution in [2.24, 2.45) is 0 Å². The number of furan rings is 1. The second-order valence-corrected chi connectivity index (χ2v) is 7.37. The Morgan fingerprint density at radius 3 is 2.32 bits per heavy atom. The van der Waals surface area contributed by atoms with Crippen LogP contribution in [0.5, 0.6) is 5.75 Å². The molecule has 3 heterocycles. The summed E-state index contributed by atoms with van der Waals surface area (Å²) in [6, 6.07) is 19.2. The second-order valence-electron chi connectivity index (χ2n) is 6.49. The fourth-order valence-corrected chi connectivity index (χ4v) is 4.40. The molecule has 0 unspecified atom stereocenters. The fourth-order valence-electron chi connectivity index (χ4n) is 3.44. The van der Waals surface area contributed by atoms with Crippen LogP contribution >= 0.6 is 11.3 Å². The van der Waals surface area contributed by atoms with E-state index in [1.54, 1.807) is 12.5 Å². The van der Waals surface area contributed by atoms with Crippen LogP contribution in [0.2, 0.25) is 0 Å². The van der Waals surface area contributed by atoms with Crippen LogP contribution in [-0.4, -0.2) is 10.1 Å². The Labute approximate surface area is 164 Å². The molecular weight excluding hydrogens is 370 g/mol. The molecule has 2 N–H and O–H groups in total. The molecule has 0 aliphatic rings. The quantitative estimate of drug-likeness (QED) is 0.407. The third-order valence-electron chi connectivity index (χ3n) is 4.83. The maximum Gasteiger partial charge on any atom is 0.260 e. The number of pyridine rings is 1. The zero-order chi connectivity index (χ0) is 19.1. The van der Waals surface area contributed by atoms with Gasteiger partial charge in [-0.05, 0) is 22.8 Å². The minimum absolute atomic E-state index is 0.0140. The topological polar surface area (TPSA) is 66.2 Å². The predicted octanol–water partition coefficient (Wildman–Crippen LogP) is 5.89. The Morgan fingerprint density at radius 2 is 1.61 bits per heavy atom. The summed E-state index contributed by atoms with van der Waals surface area (Å²) in [6.45, 7) is 0. The monoisotopic (exact) mass is 385 g/mol. The Bertz CT molecular complexity index is 1310. The van der Waals surface area contributed by atoms with E-state index in [0.717, 1.165) is 22.3 Å². The van der Waals surface area contributed by atoms with Crippen LogP contribution in [0, 0.1) is 0 Å². The predicted molar refractivity (Wildman–Crippen MR) is 113 cm³/mol. The molecule has 0 atom stereocenters. The van der Waals surface area contributed by atoms with E-state index in [2.05, 4.69) is 4.98 Å². The summed E-state index contributed by atoms with van der Waals surface area (Å²) in [7, 11) is 0. The number of hydrogen-bond donors (Lipinski definition) is 2. The van der Waals surface area contributed by atoms with Crippen LogP contribution in [0.15, 0.2) is 87.8 Å². The van der Waals surface area contributed by atoms with Crippen molar-refractivity contribution in [3.05, 3.63) is 88.9 Å². The zero-order valence-corrected chi connectivity index (χ0v) is 15.5. The summed E-state index contributed by atoms with van der Waals surface area (Å²) in [5.74, 6) is 0.0140. The number of hydrogen-bond acceptors (Lipinski definition) is 4. The number of aromatic hydroxyl groups is 1. The zero-order valence-electron chi connectivity index (χ0n) is 14.7. The molecule has 0 saturated heterocycles. The summed E-state index contributed by atoms with van der Waals surface area (Å²) in [5.41, 5.74) is 4.63. The van der Waals surface area contributed by atoms with Gasteiger partial charge in [0.1, 0.15) is 10.6 Å². The van der Waals surface area contributed by atoms with Crippen LogP contribution in [-0.2, 0) is 0 Å². The van der Waals surface area contributed by atoms with Crippen molar-refractivity contribution < 1.29 is 9.52 Å². The van der Waals surface area contributed by atoms with E-state index in [4.69, 9.17) is 4.42 Å². The number of rotatable bonds is 3. The lowest BCUT2D eigenvalue weighted by molar-refractivity contribution is 0.483. The number of benzene rings is 2. The maximum atomic E-state index is 12.6. The molecule has 0 aliphatic carbocycles. The van der Waals surface area contributed by atoms with E-state index >= 15 is 0 Å². The first-order valence-electron chi connectivity index (χ1n) is 8.77. The third kappa shape index (κ3) is 2.64. The molecule has 0 bridgehead atoms. The van der Waals surface area contributed by atoms with Crippen LogP contribution < -0.4 is 5.56 Å². The van der Waals surface area contributed by atoms with Gasteiger partial charge in [0.2, 0.25) is 0 Å². The van der Waals surface area contributed by atoms with Gasteiger partial charge in [0, 0.05) is 16.5 Å². The summed E-state index contributed by atoms with van der Waals surface area (Å²) < 4.78 is 5.15. The number of fused-ring (bicyclic) bond motifs is 1. The van der Waals surface area contributed by atoms with Gasteiger partial charge in [-0.15, -0.1) is 11.3 Å². The largest absolute Gasteiger partial charge is 0.506 e. The molecule has 4 nitrogen and oxygen atoms in total. The average molecular weight is 385 g/mol. The molecule has 28 heavy (non-hydrogen) atoms. The van der Waals surface area contributed by atoms with Gasteiger partial charge in [0.05, 0.1) is 23.5 Å². The molecule has 2 aromatic carbocycles. The number of nitrogens with one attached hydrogen (secondary N) is 1. The Morgan fingerprint density at radius 1 is 0.857 bits per heavy atom. The normalized spacial score (nSPS) is 11.1. The van der Waals surface area contributed by atoms with Gasteiger partial charge >= 0.3 is 0 Å². The van der Waals surface area contributed by atoms with Crippen molar-refractivity contribution in [1.82, 2.24) is 4.98 Å². The van der Waals surface area contributed by atoms with Crippen molar-refractivity contribution in [2.75, 3.05) is 0 Å². The first-order valence-corrected chi connectivity index (χ1v) is 9.65. The molecule has 0 saturated carbocycles. The Kier molecular flexibility index (Phi) is 3.88. The van der Waals surface area contributed by atoms with E-state index in [1.165, 1.54) is 11.3 Å². The third-order valence-corrected chi connectivity index (χ3v) is 5.73. The van der Waals surface area contributed by atoms with Gasteiger partial charge in [-0.2, -0.15) is 0 Å². The summed E-state index contributed by atoms with van der Waals surface area (Å²) in [6.07, 6.45) is 3.35. The highest BCUT2D eigenvalue weighted by atomic mass is 32.1. The molecule has 0 spiro atoms. The average Bonchev–Trinajstić information content (AvgIpc) is 3.39. The fraction of sp³-hybridized carbons (Fsp3) is 0. The molecule has 3 aromatic heterocycles. The second kappa shape index (κ2) is 6.55. The summed E-state index contributed by atoms with van der Waals surface area (Å²) in [5, 5.41) is 13.6. The van der Waals surface area contributed by atoms with Crippen LogP contribution in [0.4, 0.5) is 0 Å². The first kappa shape index (κ1) is 16.6. The van der Waals surface area contributed by atoms with E-state index in [9.17, 15) is 9.90 Å². The standard InChI is InChI=1S/C23H15NO3S/c25-21-19(16-4-2-1-3-5-16)22(26)24-23-20(21)18(13-28-23)15-8-6-14(7-9-15)17-10-11-27-12-17/h1-13H,(H2,24,25,26). The molecule has 5 heteroatoms. The van der Waals surface area contributed by atoms with E-state index < -0.39 is 0 Å². The minimum atomic E-state index is -0.292. The Hall–Kier alpha value is -3.57. The van der Waals surface area contributed by atoms with Gasteiger partial charge in [-0.25, -0.2) is 0 Å². The van der Waals surface area contributed by atoms with Gasteiger partial charge in [-0.3, -0.25) is 4.79 Å². The van der Waals surface area contributed by atoms with E-state index in [-0.39, 0.29) is 11.3 Å². The highest BCUT2D eigenvalue weighted by Crippen LogP contribution is 2.41. The smallest absolute Gasteiger partial charge is 0.260 e. The number of H-pyrrole nitrogens is 1. The Balaban J connectivity index is 1.68. The van der Waals surface area contributed by atoms with Crippen LogP contribution in [0.25, 0.3) is 43.6 Å². The van der Waals surface area contributed by atoms with Gasteiger partial charge in [0.25, 0.3) is 5.56 Å². The minimum Gasteiger partial charge on any atom is -0.506 e. The molecule has 0 radical (unpaired) electrons. The van der Waals surface area contributed by atoms with Gasteiger partial charge < -0.3 is 14.5 Å². The van der Waals surface area contributed by atoms with Crippen molar-refractivity contribution >= 4 is 21.6 Å². The lowest BCUT2D eigenvalue weighted by Gasteiger charge is -2.08. The molecule has 0 aliphatic heterocycles. The highest BCUT2D eigenvalue weighted by molar-refractivity contribution is 7.17. The van der Waals surface area contributed by atoms with E-state index in [1.807, 2.05) is 66.0 Å². The number of thiophene rings is 1. The SMILES string of the molecule is O=c1[nH]c2scc(-c3ccc(-c4ccoc4)cc3)c2c(O)c1-c1ccccc1. The highest BCUT2D eigenvalue weighted by Gasteiger charge is 2.18. The summed E-state index contributed by atoms with van der Waals surface area (Å²) in [4.78, 5) is 16.1. The summed E-state index contributed by atoms with van der Waals surface area (Å²) >= 11 is 1.41. The van der Waals surface area contributed by atoms with Crippen LogP contribution in [0.1, 0.15) is 0 Å².